The number of nitrogens with one attached hydrogen (secondary N) is 1. The lowest BCUT2D eigenvalue weighted by Gasteiger charge is -2.31. The Morgan fingerprint density at radius 2 is 2.08 bits per heavy atom. The Bertz CT molecular complexity index is 842. The fourth-order valence-electron chi connectivity index (χ4n) is 3.53. The van der Waals surface area contributed by atoms with E-state index in [4.69, 9.17) is 4.74 Å². The van der Waals surface area contributed by atoms with Crippen LogP contribution in [0.2, 0.25) is 0 Å². The molecule has 0 bridgehead atoms. The van der Waals surface area contributed by atoms with Gasteiger partial charge in [-0.05, 0) is 57.0 Å². The van der Waals surface area contributed by atoms with Crippen LogP contribution in [0, 0.1) is 23.7 Å². The maximum Gasteiger partial charge on any atom is 0.251 e. The number of hydrogen-bond donors (Lipinski definition) is 1. The molecule has 1 N–H and O–H groups in total. The fraction of sp³-hybridized carbons (Fsp3) is 0.474. The number of aromatic nitrogens is 1. The average Bonchev–Trinajstić information content (AvgIpc) is 2.61. The van der Waals surface area contributed by atoms with E-state index in [1.165, 1.54) is 0 Å². The standard InChI is InChI=1S/C19H23N3O2/c1-14-11-18(23)22(17-12-15(24-2)3-4-16(14)17)10-7-19(13-20)5-8-21-9-6-19/h3-4,11-12,21H,5-10H2,1-2H3. The van der Waals surface area contributed by atoms with Crippen LogP contribution in [0.1, 0.15) is 24.8 Å². The van der Waals surface area contributed by atoms with Gasteiger partial charge in [-0.1, -0.05) is 0 Å². The zero-order valence-electron chi connectivity index (χ0n) is 14.3. The summed E-state index contributed by atoms with van der Waals surface area (Å²) < 4.78 is 7.10. The molecule has 0 aliphatic carbocycles. The Hall–Kier alpha value is -2.32. The van der Waals surface area contributed by atoms with Crippen molar-refractivity contribution in [3.8, 4) is 11.8 Å². The van der Waals surface area contributed by atoms with Gasteiger partial charge in [-0.25, -0.2) is 0 Å². The smallest absolute Gasteiger partial charge is 0.251 e. The second-order valence-electron chi connectivity index (χ2n) is 6.59. The summed E-state index contributed by atoms with van der Waals surface area (Å²) >= 11 is 0. The monoisotopic (exact) mass is 325 g/mol. The van der Waals surface area contributed by atoms with Crippen molar-refractivity contribution >= 4 is 10.9 Å². The first-order valence-corrected chi connectivity index (χ1v) is 8.39. The van der Waals surface area contributed by atoms with Crippen LogP contribution in [0.25, 0.3) is 10.9 Å². The molecule has 0 spiro atoms. The minimum Gasteiger partial charge on any atom is -0.497 e. The summed E-state index contributed by atoms with van der Waals surface area (Å²) in [5, 5.41) is 14.0. The quantitative estimate of drug-likeness (QED) is 0.938. The van der Waals surface area contributed by atoms with Crippen LogP contribution in [0.4, 0.5) is 0 Å². The third kappa shape index (κ3) is 3.02. The van der Waals surface area contributed by atoms with E-state index in [-0.39, 0.29) is 11.0 Å². The molecule has 0 radical (unpaired) electrons. The minimum atomic E-state index is -0.333. The molecule has 0 saturated carbocycles. The van der Waals surface area contributed by atoms with Gasteiger partial charge < -0.3 is 14.6 Å². The number of rotatable bonds is 4. The van der Waals surface area contributed by atoms with Gasteiger partial charge in [0.05, 0.1) is 24.1 Å². The van der Waals surface area contributed by atoms with Crippen LogP contribution >= 0.6 is 0 Å². The molecule has 2 heterocycles. The molecule has 1 saturated heterocycles. The zero-order chi connectivity index (χ0) is 17.2. The number of ether oxygens (including phenoxy) is 1. The molecular weight excluding hydrogens is 302 g/mol. The predicted octanol–water partition coefficient (Wildman–Crippen LogP) is 2.60. The molecule has 126 valence electrons. The number of fused-ring (bicyclic) bond motifs is 1. The Morgan fingerprint density at radius 3 is 2.75 bits per heavy atom. The number of aryl methyl sites for hydroxylation is 2. The van der Waals surface area contributed by atoms with Gasteiger partial charge >= 0.3 is 0 Å². The van der Waals surface area contributed by atoms with Gasteiger partial charge in [0.15, 0.2) is 0 Å². The van der Waals surface area contributed by atoms with Gasteiger partial charge in [0, 0.05) is 24.1 Å². The van der Waals surface area contributed by atoms with Crippen molar-refractivity contribution in [2.75, 3.05) is 20.2 Å². The van der Waals surface area contributed by atoms with Gasteiger partial charge in [-0.2, -0.15) is 5.26 Å². The first-order valence-electron chi connectivity index (χ1n) is 8.39. The van der Waals surface area contributed by atoms with Crippen molar-refractivity contribution in [3.63, 3.8) is 0 Å². The summed E-state index contributed by atoms with van der Waals surface area (Å²) in [5.41, 5.74) is 1.49. The highest BCUT2D eigenvalue weighted by atomic mass is 16.5. The molecule has 1 aromatic heterocycles. The number of pyridine rings is 1. The second kappa shape index (κ2) is 6.66. The topological polar surface area (TPSA) is 67.0 Å². The molecule has 1 aliphatic heterocycles. The van der Waals surface area contributed by atoms with E-state index in [9.17, 15) is 10.1 Å². The van der Waals surface area contributed by atoms with Crippen molar-refractivity contribution in [1.29, 1.82) is 5.26 Å². The van der Waals surface area contributed by atoms with E-state index in [0.29, 0.717) is 13.0 Å². The summed E-state index contributed by atoms with van der Waals surface area (Å²) in [6, 6.07) is 9.99. The molecule has 0 unspecified atom stereocenters. The molecule has 1 aliphatic rings. The van der Waals surface area contributed by atoms with Gasteiger partial charge in [-0.3, -0.25) is 4.79 Å². The van der Waals surface area contributed by atoms with Crippen molar-refractivity contribution in [2.24, 2.45) is 5.41 Å². The fourth-order valence-corrected chi connectivity index (χ4v) is 3.53. The lowest BCUT2D eigenvalue weighted by atomic mass is 9.77. The lowest BCUT2D eigenvalue weighted by Crippen LogP contribution is -2.37. The second-order valence-corrected chi connectivity index (χ2v) is 6.59. The maximum absolute atomic E-state index is 12.5. The van der Waals surface area contributed by atoms with E-state index in [1.807, 2.05) is 25.1 Å². The van der Waals surface area contributed by atoms with Crippen molar-refractivity contribution in [1.82, 2.24) is 9.88 Å². The number of nitriles is 1. The molecule has 5 heteroatoms. The van der Waals surface area contributed by atoms with Crippen molar-refractivity contribution in [3.05, 3.63) is 40.2 Å². The number of piperidine rings is 1. The summed E-state index contributed by atoms with van der Waals surface area (Å²) in [7, 11) is 1.62. The summed E-state index contributed by atoms with van der Waals surface area (Å²) in [6.07, 6.45) is 2.37. The van der Waals surface area contributed by atoms with E-state index < -0.39 is 0 Å². The van der Waals surface area contributed by atoms with E-state index in [2.05, 4.69) is 11.4 Å². The number of benzene rings is 1. The highest BCUT2D eigenvalue weighted by molar-refractivity contribution is 5.83. The SMILES string of the molecule is COc1ccc2c(C)cc(=O)n(CCC3(C#N)CCNCC3)c2c1. The first kappa shape index (κ1) is 16.5. The van der Waals surface area contributed by atoms with Crippen molar-refractivity contribution in [2.45, 2.75) is 32.7 Å². The maximum atomic E-state index is 12.5. The van der Waals surface area contributed by atoms with Crippen LogP contribution in [0.15, 0.2) is 29.1 Å². The zero-order valence-corrected chi connectivity index (χ0v) is 14.3. The van der Waals surface area contributed by atoms with Gasteiger partial charge in [0.1, 0.15) is 5.75 Å². The van der Waals surface area contributed by atoms with Gasteiger partial charge in [0.2, 0.25) is 0 Å². The summed E-state index contributed by atoms with van der Waals surface area (Å²) in [6.45, 7) is 4.23. The van der Waals surface area contributed by atoms with Crippen LogP contribution in [-0.2, 0) is 6.54 Å². The Morgan fingerprint density at radius 1 is 1.33 bits per heavy atom. The highest BCUT2D eigenvalue weighted by Gasteiger charge is 2.31. The third-order valence-corrected chi connectivity index (χ3v) is 5.14. The Balaban J connectivity index is 1.99. The molecule has 0 amide bonds. The molecule has 5 nitrogen and oxygen atoms in total. The number of methoxy groups -OCH3 is 1. The van der Waals surface area contributed by atoms with Gasteiger partial charge in [-0.15, -0.1) is 0 Å². The largest absolute Gasteiger partial charge is 0.497 e. The molecule has 24 heavy (non-hydrogen) atoms. The summed E-state index contributed by atoms with van der Waals surface area (Å²) in [5.74, 6) is 0.734. The molecule has 0 atom stereocenters. The third-order valence-electron chi connectivity index (χ3n) is 5.14. The Kier molecular flexibility index (Phi) is 4.59. The van der Waals surface area contributed by atoms with Crippen molar-refractivity contribution < 1.29 is 4.74 Å². The first-order chi connectivity index (χ1) is 11.6. The van der Waals surface area contributed by atoms with E-state index in [1.54, 1.807) is 17.7 Å². The molecule has 1 aromatic carbocycles. The normalized spacial score (nSPS) is 16.7. The highest BCUT2D eigenvalue weighted by Crippen LogP contribution is 2.33. The van der Waals surface area contributed by atoms with E-state index >= 15 is 0 Å². The number of nitrogens with zero attached hydrogens (tertiary/aromatic N) is 2. The van der Waals surface area contributed by atoms with Crippen LogP contribution < -0.4 is 15.6 Å². The Labute approximate surface area is 141 Å². The predicted molar refractivity (Wildman–Crippen MR) is 94.3 cm³/mol. The molecule has 2 aromatic rings. The van der Waals surface area contributed by atoms with Crippen LogP contribution in [0.3, 0.4) is 0 Å². The molecule has 3 rings (SSSR count). The minimum absolute atomic E-state index is 0.0183. The van der Waals surface area contributed by atoms with Crippen LogP contribution in [-0.4, -0.2) is 24.8 Å². The van der Waals surface area contributed by atoms with Gasteiger partial charge in [0.25, 0.3) is 5.56 Å². The molecule has 1 fully saturated rings. The van der Waals surface area contributed by atoms with Crippen LogP contribution in [0.5, 0.6) is 5.75 Å². The summed E-state index contributed by atoms with van der Waals surface area (Å²) in [4.78, 5) is 12.5. The average molecular weight is 325 g/mol. The lowest BCUT2D eigenvalue weighted by molar-refractivity contribution is 0.250. The molecular formula is C19H23N3O2. The number of hydrogen-bond acceptors (Lipinski definition) is 4. The van der Waals surface area contributed by atoms with E-state index in [0.717, 1.165) is 48.1 Å².